The first kappa shape index (κ1) is 33.5. The lowest BCUT2D eigenvalue weighted by Gasteiger charge is -2.31. The molecule has 0 radical (unpaired) electrons. The summed E-state index contributed by atoms with van der Waals surface area (Å²) in [6.07, 6.45) is 8.96. The Morgan fingerprint density at radius 3 is 1.15 bits per heavy atom. The predicted octanol–water partition coefficient (Wildman–Crippen LogP) is 11.1. The molecule has 2 aromatic rings. The maximum absolute atomic E-state index is 2.61. The Morgan fingerprint density at radius 1 is 0.513 bits per heavy atom. The van der Waals surface area contributed by atoms with Gasteiger partial charge in [0.15, 0.2) is 0 Å². The van der Waals surface area contributed by atoms with Crippen LogP contribution in [0.25, 0.3) is 0 Å². The summed E-state index contributed by atoms with van der Waals surface area (Å²) in [6.45, 7) is 31.1. The molecule has 0 unspecified atom stereocenters. The molecule has 216 valence electrons. The first-order valence-corrected chi connectivity index (χ1v) is 16.3. The monoisotopic (exact) mass is 528 g/mol. The van der Waals surface area contributed by atoms with E-state index < -0.39 is 0 Å². The van der Waals surface area contributed by atoms with Crippen molar-refractivity contribution in [3.05, 3.63) is 69.7 Å². The zero-order chi connectivity index (χ0) is 29.4. The molecule has 2 aromatic carbocycles. The molecule has 0 aliphatic heterocycles. The van der Waals surface area contributed by atoms with E-state index in [0.717, 1.165) is 0 Å². The molecular weight excluding hydrogens is 467 g/mol. The molecule has 0 spiro atoms. The highest BCUT2D eigenvalue weighted by Crippen LogP contribution is 2.30. The van der Waals surface area contributed by atoms with Gasteiger partial charge < -0.3 is 0 Å². The summed E-state index contributed by atoms with van der Waals surface area (Å²) in [5.74, 6) is 5.60. The van der Waals surface area contributed by atoms with Gasteiger partial charge in [0.05, 0.1) is 0 Å². The molecule has 0 amide bonds. The topological polar surface area (TPSA) is 0 Å². The first-order valence-electron chi connectivity index (χ1n) is 16.3. The van der Waals surface area contributed by atoms with Gasteiger partial charge in [-0.3, -0.25) is 0 Å². The SMILES string of the molecule is CCCCCC/C=C/B(c1c(C(C)C)cc(C(C)C)cc1C(C)C)c1c(C(C)C)cc(C(C)C)cc1C(C)C. The second kappa shape index (κ2) is 15.3. The Morgan fingerprint density at radius 2 is 0.872 bits per heavy atom. The van der Waals surface area contributed by atoms with Gasteiger partial charge in [0.1, 0.15) is 0 Å². The van der Waals surface area contributed by atoms with Gasteiger partial charge in [-0.05, 0) is 81.7 Å². The van der Waals surface area contributed by atoms with Crippen molar-refractivity contribution < 1.29 is 0 Å². The maximum Gasteiger partial charge on any atom is 0.235 e. The molecule has 0 heterocycles. The third-order valence-electron chi connectivity index (χ3n) is 8.53. The summed E-state index contributed by atoms with van der Waals surface area (Å²) in [6, 6.07) is 10.2. The van der Waals surface area contributed by atoms with Crippen molar-refractivity contribution in [2.75, 3.05) is 0 Å². The number of rotatable bonds is 14. The molecule has 0 aliphatic rings. The Bertz CT molecular complexity index is 931. The average molecular weight is 529 g/mol. The van der Waals surface area contributed by atoms with Crippen molar-refractivity contribution in [1.82, 2.24) is 0 Å². The van der Waals surface area contributed by atoms with E-state index in [0.29, 0.717) is 35.5 Å². The summed E-state index contributed by atoms with van der Waals surface area (Å²) in [4.78, 5) is 0. The molecule has 0 saturated carbocycles. The lowest BCUT2D eigenvalue weighted by atomic mass is 9.36. The van der Waals surface area contributed by atoms with Gasteiger partial charge in [-0.15, -0.1) is 5.98 Å². The molecule has 0 aromatic heterocycles. The van der Waals surface area contributed by atoms with Crippen LogP contribution in [0.1, 0.15) is 191 Å². The fraction of sp³-hybridized carbons (Fsp3) is 0.632. The second-order valence-electron chi connectivity index (χ2n) is 13.9. The molecule has 1 heteroatoms. The quantitative estimate of drug-likeness (QED) is 0.169. The molecule has 2 rings (SSSR count). The van der Waals surface area contributed by atoms with Crippen LogP contribution >= 0.6 is 0 Å². The Balaban J connectivity index is 2.99. The zero-order valence-electron chi connectivity index (χ0n) is 28.0. The van der Waals surface area contributed by atoms with Crippen molar-refractivity contribution >= 4 is 17.6 Å². The minimum atomic E-state index is 0.281. The van der Waals surface area contributed by atoms with Crippen LogP contribution in [0.4, 0.5) is 0 Å². The predicted molar refractivity (Wildman–Crippen MR) is 180 cm³/mol. The van der Waals surface area contributed by atoms with Crippen LogP contribution in [0, 0.1) is 0 Å². The molecule has 0 N–H and O–H groups in total. The lowest BCUT2D eigenvalue weighted by Crippen LogP contribution is -2.49. The van der Waals surface area contributed by atoms with E-state index in [-0.39, 0.29) is 6.71 Å². The summed E-state index contributed by atoms with van der Waals surface area (Å²) in [5.41, 5.74) is 12.3. The third kappa shape index (κ3) is 8.61. The number of hydrogen-bond donors (Lipinski definition) is 0. The van der Waals surface area contributed by atoms with Crippen LogP contribution in [0.15, 0.2) is 36.3 Å². The smallest absolute Gasteiger partial charge is 0.109 e. The van der Waals surface area contributed by atoms with E-state index in [1.807, 2.05) is 0 Å². The van der Waals surface area contributed by atoms with Crippen molar-refractivity contribution in [2.45, 2.75) is 158 Å². The second-order valence-corrected chi connectivity index (χ2v) is 13.9. The fourth-order valence-corrected chi connectivity index (χ4v) is 6.00. The molecular formula is C38H61B. The van der Waals surface area contributed by atoms with Gasteiger partial charge in [-0.1, -0.05) is 151 Å². The molecule has 39 heavy (non-hydrogen) atoms. The van der Waals surface area contributed by atoms with Crippen LogP contribution in [0.2, 0.25) is 0 Å². The van der Waals surface area contributed by atoms with Gasteiger partial charge in [-0.2, -0.15) is 0 Å². The number of allylic oxidation sites excluding steroid dienone is 1. The lowest BCUT2D eigenvalue weighted by molar-refractivity contribution is 0.674. The summed E-state index contributed by atoms with van der Waals surface area (Å²) < 4.78 is 0. The summed E-state index contributed by atoms with van der Waals surface area (Å²) >= 11 is 0. The molecule has 0 nitrogen and oxygen atoms in total. The molecule has 0 aliphatic carbocycles. The number of hydrogen-bond acceptors (Lipinski definition) is 0. The van der Waals surface area contributed by atoms with E-state index in [1.165, 1.54) is 43.2 Å². The highest BCUT2D eigenvalue weighted by molar-refractivity contribution is 6.90. The fourth-order valence-electron chi connectivity index (χ4n) is 6.00. The minimum absolute atomic E-state index is 0.281. The number of benzene rings is 2. The van der Waals surface area contributed by atoms with Crippen molar-refractivity contribution in [3.8, 4) is 0 Å². The molecule has 0 atom stereocenters. The molecule has 0 saturated heterocycles. The van der Waals surface area contributed by atoms with Crippen LogP contribution in [0.5, 0.6) is 0 Å². The average Bonchev–Trinajstić information content (AvgIpc) is 2.86. The minimum Gasteiger partial charge on any atom is -0.109 e. The summed E-state index contributed by atoms with van der Waals surface area (Å²) in [7, 11) is 0. The Kier molecular flexibility index (Phi) is 13.1. The highest BCUT2D eigenvalue weighted by Gasteiger charge is 2.31. The molecule has 0 fully saturated rings. The van der Waals surface area contributed by atoms with Gasteiger partial charge >= 0.3 is 0 Å². The molecule has 0 bridgehead atoms. The highest BCUT2D eigenvalue weighted by atomic mass is 14.2. The van der Waals surface area contributed by atoms with E-state index >= 15 is 0 Å². The van der Waals surface area contributed by atoms with E-state index in [9.17, 15) is 0 Å². The van der Waals surface area contributed by atoms with E-state index in [1.54, 1.807) is 33.2 Å². The first-order chi connectivity index (χ1) is 18.3. The maximum atomic E-state index is 2.61. The van der Waals surface area contributed by atoms with Gasteiger partial charge in [0.25, 0.3) is 0 Å². The van der Waals surface area contributed by atoms with Gasteiger partial charge in [-0.25, -0.2) is 0 Å². The van der Waals surface area contributed by atoms with E-state index in [2.05, 4.69) is 126 Å². The van der Waals surface area contributed by atoms with Crippen LogP contribution in [-0.4, -0.2) is 6.71 Å². The normalized spacial score (nSPS) is 12.5. The van der Waals surface area contributed by atoms with Crippen molar-refractivity contribution in [2.24, 2.45) is 0 Å². The van der Waals surface area contributed by atoms with Crippen LogP contribution < -0.4 is 10.9 Å². The standard InChI is InChI=1S/C38H61B/c1-14-15-16-17-18-19-20-39(37-33(27(6)7)21-31(25(2)3)22-34(37)28(8)9)38-35(29(10)11)23-32(26(4)5)24-36(38)30(12)13/h19-30H,14-18H2,1-13H3/b20-19+. The summed E-state index contributed by atoms with van der Waals surface area (Å²) in [5, 5.41) is 0. The van der Waals surface area contributed by atoms with Crippen LogP contribution in [0.3, 0.4) is 0 Å². The van der Waals surface area contributed by atoms with Gasteiger partial charge in [0.2, 0.25) is 6.71 Å². The van der Waals surface area contributed by atoms with E-state index in [4.69, 9.17) is 0 Å². The van der Waals surface area contributed by atoms with Gasteiger partial charge in [0, 0.05) is 0 Å². The zero-order valence-corrected chi connectivity index (χ0v) is 28.0. The Hall–Kier alpha value is -1.76. The Labute approximate surface area is 244 Å². The van der Waals surface area contributed by atoms with Crippen LogP contribution in [-0.2, 0) is 0 Å². The van der Waals surface area contributed by atoms with Crippen molar-refractivity contribution in [3.63, 3.8) is 0 Å². The van der Waals surface area contributed by atoms with Crippen molar-refractivity contribution in [1.29, 1.82) is 0 Å². The number of unbranched alkanes of at least 4 members (excludes halogenated alkanes) is 4. The third-order valence-corrected chi connectivity index (χ3v) is 8.53. The largest absolute Gasteiger partial charge is 0.235 e.